The third-order valence-electron chi connectivity index (χ3n) is 3.09. The van der Waals surface area contributed by atoms with Gasteiger partial charge in [0, 0.05) is 19.6 Å². The minimum Gasteiger partial charge on any atom is -0.393 e. The summed E-state index contributed by atoms with van der Waals surface area (Å²) in [6, 6.07) is 0. The van der Waals surface area contributed by atoms with Crippen molar-refractivity contribution in [1.82, 2.24) is 19.0 Å². The lowest BCUT2D eigenvalue weighted by Gasteiger charge is -2.29. The van der Waals surface area contributed by atoms with Crippen LogP contribution in [0.3, 0.4) is 0 Å². The van der Waals surface area contributed by atoms with Crippen molar-refractivity contribution < 1.29 is 9.90 Å². The monoisotopic (exact) mass is 270 g/mol. The Labute approximate surface area is 110 Å². The zero-order valence-corrected chi connectivity index (χ0v) is 11.0. The van der Waals surface area contributed by atoms with Gasteiger partial charge in [0.1, 0.15) is 0 Å². The molecule has 0 spiro atoms. The Hall–Kier alpha value is -1.05. The summed E-state index contributed by atoms with van der Waals surface area (Å²) in [5, 5.41) is 12.2. The van der Waals surface area contributed by atoms with E-state index in [4.69, 9.17) is 0 Å². The van der Waals surface area contributed by atoms with Gasteiger partial charge in [0.25, 0.3) is 5.91 Å². The number of carbonyl (C=O) groups is 1. The molecule has 0 unspecified atom stereocenters. The highest BCUT2D eigenvalue weighted by Crippen LogP contribution is 2.09. The Morgan fingerprint density at radius 3 is 3.00 bits per heavy atom. The molecule has 6 nitrogen and oxygen atoms in total. The average Bonchev–Trinajstić information content (AvgIpc) is 2.90. The number of aliphatic hydroxyl groups is 1. The Bertz CT molecular complexity index is 363. The van der Waals surface area contributed by atoms with Gasteiger partial charge in [-0.25, -0.2) is 0 Å². The Morgan fingerprint density at radius 1 is 1.56 bits per heavy atom. The Kier molecular flexibility index (Phi) is 5.03. The maximum atomic E-state index is 11.5. The van der Waals surface area contributed by atoms with Crippen molar-refractivity contribution in [3.63, 3.8) is 0 Å². The lowest BCUT2D eigenvalue weighted by atomic mass is 10.1. The van der Waals surface area contributed by atoms with Crippen molar-refractivity contribution in [3.8, 4) is 0 Å². The van der Waals surface area contributed by atoms with Crippen molar-refractivity contribution in [2.45, 2.75) is 25.4 Å². The number of piperidine rings is 1. The van der Waals surface area contributed by atoms with Crippen molar-refractivity contribution in [2.75, 3.05) is 26.2 Å². The summed E-state index contributed by atoms with van der Waals surface area (Å²) >= 11 is 1.04. The van der Waals surface area contributed by atoms with Gasteiger partial charge in [-0.15, -0.1) is 0 Å². The fourth-order valence-electron chi connectivity index (χ4n) is 2.00. The second-order valence-corrected chi connectivity index (χ2v) is 5.03. The minimum absolute atomic E-state index is 0.127. The number of nitrogens with one attached hydrogen (secondary N) is 1. The van der Waals surface area contributed by atoms with E-state index in [9.17, 15) is 9.90 Å². The molecule has 2 rings (SSSR count). The second kappa shape index (κ2) is 6.77. The van der Waals surface area contributed by atoms with E-state index >= 15 is 0 Å². The third-order valence-corrected chi connectivity index (χ3v) is 3.57. The molecule has 1 aliphatic heterocycles. The number of hydrogen-bond acceptors (Lipinski definition) is 6. The number of hydrogen-bond donors (Lipinski definition) is 2. The quantitative estimate of drug-likeness (QED) is 0.743. The first-order valence-corrected chi connectivity index (χ1v) is 6.95. The summed E-state index contributed by atoms with van der Waals surface area (Å²) in [6.07, 6.45) is 3.98. The molecule has 1 fully saturated rings. The van der Waals surface area contributed by atoms with E-state index < -0.39 is 0 Å². The van der Waals surface area contributed by atoms with Crippen molar-refractivity contribution >= 4 is 17.6 Å². The van der Waals surface area contributed by atoms with Gasteiger partial charge in [0.05, 0.1) is 24.0 Å². The van der Waals surface area contributed by atoms with E-state index in [-0.39, 0.29) is 12.0 Å². The lowest BCUT2D eigenvalue weighted by Crippen LogP contribution is -2.37. The van der Waals surface area contributed by atoms with Crippen molar-refractivity contribution in [3.05, 3.63) is 11.9 Å². The van der Waals surface area contributed by atoms with Crippen LogP contribution in [0.4, 0.5) is 0 Å². The van der Waals surface area contributed by atoms with Gasteiger partial charge in [-0.05, 0) is 25.8 Å². The molecule has 1 aromatic rings. The molecule has 2 N–H and O–H groups in total. The summed E-state index contributed by atoms with van der Waals surface area (Å²) < 4.78 is 7.66. The van der Waals surface area contributed by atoms with Gasteiger partial charge in [-0.1, -0.05) is 0 Å². The third kappa shape index (κ3) is 4.01. The molecule has 0 aliphatic carbocycles. The number of nitrogens with zero attached hydrogens (tertiary/aromatic N) is 3. The van der Waals surface area contributed by atoms with Gasteiger partial charge in [0.15, 0.2) is 5.69 Å². The molecule has 2 heterocycles. The maximum absolute atomic E-state index is 11.5. The largest absolute Gasteiger partial charge is 0.393 e. The van der Waals surface area contributed by atoms with E-state index in [0.29, 0.717) is 12.2 Å². The first kappa shape index (κ1) is 13.4. The van der Waals surface area contributed by atoms with Crippen LogP contribution in [-0.2, 0) is 0 Å². The molecule has 0 bridgehead atoms. The lowest BCUT2D eigenvalue weighted by molar-refractivity contribution is 0.0816. The number of rotatable bonds is 5. The number of likely N-dealkylation sites (tertiary alicyclic amines) is 1. The highest BCUT2D eigenvalue weighted by Gasteiger charge is 2.16. The summed E-state index contributed by atoms with van der Waals surface area (Å²) in [4.78, 5) is 13.9. The molecule has 7 heteroatoms. The van der Waals surface area contributed by atoms with E-state index in [1.54, 1.807) is 0 Å². The highest BCUT2D eigenvalue weighted by molar-refractivity contribution is 6.99. The van der Waals surface area contributed by atoms with Gasteiger partial charge in [-0.3, -0.25) is 4.79 Å². The second-order valence-electron chi connectivity index (χ2n) is 4.47. The molecule has 100 valence electrons. The van der Waals surface area contributed by atoms with Crippen LogP contribution in [-0.4, -0.2) is 56.9 Å². The van der Waals surface area contributed by atoms with Crippen LogP contribution < -0.4 is 5.32 Å². The number of carbonyl (C=O) groups excluding carboxylic acids is 1. The number of amides is 1. The summed E-state index contributed by atoms with van der Waals surface area (Å²) in [6.45, 7) is 3.51. The number of aromatic nitrogens is 2. The molecule has 0 radical (unpaired) electrons. The van der Waals surface area contributed by atoms with E-state index in [2.05, 4.69) is 19.0 Å². The van der Waals surface area contributed by atoms with Gasteiger partial charge < -0.3 is 15.3 Å². The normalized spacial score (nSPS) is 17.8. The summed E-state index contributed by atoms with van der Waals surface area (Å²) in [5.74, 6) is -0.155. The van der Waals surface area contributed by atoms with Crippen molar-refractivity contribution in [2.24, 2.45) is 0 Å². The molecule has 1 aliphatic rings. The molecular formula is C11H18N4O2S. The van der Waals surface area contributed by atoms with E-state index in [0.717, 1.165) is 50.6 Å². The van der Waals surface area contributed by atoms with Gasteiger partial charge >= 0.3 is 0 Å². The van der Waals surface area contributed by atoms with Gasteiger partial charge in [0.2, 0.25) is 0 Å². The minimum atomic E-state index is -0.155. The van der Waals surface area contributed by atoms with Crippen LogP contribution in [0.25, 0.3) is 0 Å². The van der Waals surface area contributed by atoms with Crippen LogP contribution in [0.15, 0.2) is 6.20 Å². The van der Waals surface area contributed by atoms with E-state index in [1.807, 2.05) is 0 Å². The first-order valence-electron chi connectivity index (χ1n) is 6.22. The molecule has 1 aromatic heterocycles. The number of aliphatic hydroxyl groups excluding tert-OH is 1. The molecule has 0 aromatic carbocycles. The molecule has 0 saturated carbocycles. The van der Waals surface area contributed by atoms with Gasteiger partial charge in [-0.2, -0.15) is 8.75 Å². The highest BCUT2D eigenvalue weighted by atomic mass is 32.1. The molecule has 18 heavy (non-hydrogen) atoms. The molecule has 0 atom stereocenters. The zero-order chi connectivity index (χ0) is 12.8. The van der Waals surface area contributed by atoms with Crippen LogP contribution in [0.2, 0.25) is 0 Å². The smallest absolute Gasteiger partial charge is 0.272 e. The molecule has 1 amide bonds. The standard InChI is InChI=1S/C11H18N4O2S/c16-9-2-6-15(7-3-9)5-1-4-12-11(17)10-8-13-18-14-10/h8-9,16H,1-7H2,(H,12,17). The fourth-order valence-corrected chi connectivity index (χ4v) is 2.41. The van der Waals surface area contributed by atoms with Crippen LogP contribution in [0.5, 0.6) is 0 Å². The summed E-state index contributed by atoms with van der Waals surface area (Å²) in [5.41, 5.74) is 0.390. The fraction of sp³-hybridized carbons (Fsp3) is 0.727. The molecule has 1 saturated heterocycles. The van der Waals surface area contributed by atoms with Crippen LogP contribution in [0, 0.1) is 0 Å². The van der Waals surface area contributed by atoms with Crippen molar-refractivity contribution in [1.29, 1.82) is 0 Å². The maximum Gasteiger partial charge on any atom is 0.272 e. The predicted molar refractivity (Wildman–Crippen MR) is 68.5 cm³/mol. The van der Waals surface area contributed by atoms with E-state index in [1.165, 1.54) is 6.20 Å². The zero-order valence-electron chi connectivity index (χ0n) is 10.2. The Balaban J connectivity index is 1.57. The molecular weight excluding hydrogens is 252 g/mol. The van der Waals surface area contributed by atoms with Crippen LogP contribution in [0.1, 0.15) is 29.8 Å². The average molecular weight is 270 g/mol. The topological polar surface area (TPSA) is 78.4 Å². The predicted octanol–water partition coefficient (Wildman–Crippen LogP) is 0.115. The first-order chi connectivity index (χ1) is 8.75. The SMILES string of the molecule is O=C(NCCCN1CCC(O)CC1)c1cnsn1. The summed E-state index contributed by atoms with van der Waals surface area (Å²) in [7, 11) is 0. The Morgan fingerprint density at radius 2 is 2.33 bits per heavy atom. The van der Waals surface area contributed by atoms with Crippen LogP contribution >= 0.6 is 11.7 Å².